The molecule has 0 spiro atoms. The third-order valence-corrected chi connectivity index (χ3v) is 5.64. The van der Waals surface area contributed by atoms with Crippen molar-refractivity contribution >= 4 is 17.5 Å². The van der Waals surface area contributed by atoms with Gasteiger partial charge in [-0.1, -0.05) is 30.3 Å². The predicted molar refractivity (Wildman–Crippen MR) is 104 cm³/mol. The smallest absolute Gasteiger partial charge is 0.420 e. The molecule has 0 aromatic heterocycles. The molecule has 0 bridgehead atoms. The van der Waals surface area contributed by atoms with Crippen molar-refractivity contribution in [1.82, 2.24) is 4.90 Å². The minimum atomic E-state index is -4.58. The van der Waals surface area contributed by atoms with E-state index in [1.807, 2.05) is 24.3 Å². The summed E-state index contributed by atoms with van der Waals surface area (Å²) in [5, 5.41) is 0. The van der Waals surface area contributed by atoms with Gasteiger partial charge >= 0.3 is 6.18 Å². The molecule has 0 saturated carbocycles. The molecule has 2 heterocycles. The molecule has 30 heavy (non-hydrogen) atoms. The van der Waals surface area contributed by atoms with Crippen LogP contribution in [0.3, 0.4) is 0 Å². The van der Waals surface area contributed by atoms with Crippen molar-refractivity contribution in [1.29, 1.82) is 0 Å². The number of carbonyl (C=O) groups excluding carboxylic acids is 2. The van der Waals surface area contributed by atoms with Gasteiger partial charge in [-0.2, -0.15) is 13.2 Å². The Labute approximate surface area is 172 Å². The molecule has 2 aromatic rings. The summed E-state index contributed by atoms with van der Waals surface area (Å²) < 4.78 is 45.4. The lowest BCUT2D eigenvalue weighted by atomic mass is 9.90. The highest BCUT2D eigenvalue weighted by atomic mass is 19.4. The molecular weight excluding hydrogens is 397 g/mol. The van der Waals surface area contributed by atoms with Gasteiger partial charge in [0.2, 0.25) is 11.8 Å². The van der Waals surface area contributed by atoms with Gasteiger partial charge in [-0.25, -0.2) is 0 Å². The first-order chi connectivity index (χ1) is 14.3. The van der Waals surface area contributed by atoms with Gasteiger partial charge in [0.15, 0.2) is 5.75 Å². The van der Waals surface area contributed by atoms with Crippen LogP contribution in [0.25, 0.3) is 0 Å². The summed E-state index contributed by atoms with van der Waals surface area (Å²) in [5.41, 5.74) is 1.20. The number of fused-ring (bicyclic) bond motifs is 2. The van der Waals surface area contributed by atoms with Crippen LogP contribution >= 0.6 is 0 Å². The topological polar surface area (TPSA) is 49.9 Å². The van der Waals surface area contributed by atoms with Crippen molar-refractivity contribution in [3.05, 3.63) is 59.2 Å². The number of hydrogen-bond donors (Lipinski definition) is 0. The van der Waals surface area contributed by atoms with E-state index in [0.717, 1.165) is 17.2 Å². The van der Waals surface area contributed by atoms with E-state index >= 15 is 0 Å². The van der Waals surface area contributed by atoms with Crippen LogP contribution < -0.4 is 9.64 Å². The Kier molecular flexibility index (Phi) is 5.17. The van der Waals surface area contributed by atoms with Gasteiger partial charge in [-0.3, -0.25) is 9.59 Å². The highest BCUT2D eigenvalue weighted by molar-refractivity contribution is 5.96. The molecule has 0 aliphatic carbocycles. The maximum Gasteiger partial charge on any atom is 0.420 e. The van der Waals surface area contributed by atoms with Crippen LogP contribution in [0.4, 0.5) is 18.9 Å². The lowest BCUT2D eigenvalue weighted by molar-refractivity contribution is -0.139. The van der Waals surface area contributed by atoms with Gasteiger partial charge in [-0.15, -0.1) is 0 Å². The summed E-state index contributed by atoms with van der Waals surface area (Å²) in [7, 11) is 0. The standard InChI is InChI=1S/C22H21F3N2O3/c1-14(28)26-10-9-15-5-2-3-6-16(15)19(26)13-20(29)27-11-12-30-21-17(22(23,24)25)7-4-8-18(21)27/h2-8,19H,9-13H2,1H3. The molecule has 4 rings (SSSR count). The molecule has 0 fully saturated rings. The van der Waals surface area contributed by atoms with Gasteiger partial charge in [0.1, 0.15) is 6.61 Å². The molecule has 0 radical (unpaired) electrons. The number of ether oxygens (including phenoxy) is 1. The van der Waals surface area contributed by atoms with E-state index in [0.29, 0.717) is 13.0 Å². The number of amides is 2. The lowest BCUT2D eigenvalue weighted by Crippen LogP contribution is -2.44. The summed E-state index contributed by atoms with van der Waals surface area (Å²) in [6.07, 6.45) is -3.88. The third kappa shape index (κ3) is 3.62. The maximum absolute atomic E-state index is 13.4. The Bertz CT molecular complexity index is 990. The second kappa shape index (κ2) is 7.66. The number of hydrogen-bond acceptors (Lipinski definition) is 3. The summed E-state index contributed by atoms with van der Waals surface area (Å²) in [6, 6.07) is 10.9. The fraction of sp³-hybridized carbons (Fsp3) is 0.364. The van der Waals surface area contributed by atoms with E-state index in [2.05, 4.69) is 0 Å². The number of para-hydroxylation sites is 1. The van der Waals surface area contributed by atoms with Crippen LogP contribution in [0.5, 0.6) is 5.75 Å². The monoisotopic (exact) mass is 418 g/mol. The molecule has 5 nitrogen and oxygen atoms in total. The molecule has 8 heteroatoms. The van der Waals surface area contributed by atoms with Gasteiger partial charge < -0.3 is 14.5 Å². The zero-order valence-corrected chi connectivity index (χ0v) is 16.4. The minimum absolute atomic E-state index is 0.00766. The van der Waals surface area contributed by atoms with E-state index in [1.54, 1.807) is 4.90 Å². The van der Waals surface area contributed by atoms with Crippen LogP contribution in [-0.2, 0) is 22.2 Å². The molecule has 1 atom stereocenters. The molecule has 2 aliphatic heterocycles. The van der Waals surface area contributed by atoms with E-state index in [4.69, 9.17) is 4.74 Å². The molecule has 1 unspecified atom stereocenters. The Hall–Kier alpha value is -3.03. The normalized spacial score (nSPS) is 18.3. The summed E-state index contributed by atoms with van der Waals surface area (Å²) in [5.74, 6) is -0.798. The fourth-order valence-corrected chi connectivity index (χ4v) is 4.26. The average molecular weight is 418 g/mol. The van der Waals surface area contributed by atoms with Crippen LogP contribution in [0.1, 0.15) is 36.1 Å². The number of carbonyl (C=O) groups is 2. The predicted octanol–water partition coefficient (Wildman–Crippen LogP) is 3.97. The molecule has 2 amide bonds. The first-order valence-electron chi connectivity index (χ1n) is 9.75. The van der Waals surface area contributed by atoms with Gasteiger partial charge in [0.25, 0.3) is 0 Å². The van der Waals surface area contributed by atoms with E-state index in [1.165, 1.54) is 24.0 Å². The quantitative estimate of drug-likeness (QED) is 0.742. The Morgan fingerprint density at radius 2 is 1.87 bits per heavy atom. The Balaban J connectivity index is 1.66. The van der Waals surface area contributed by atoms with Crippen molar-refractivity contribution < 1.29 is 27.5 Å². The Morgan fingerprint density at radius 1 is 1.10 bits per heavy atom. The highest BCUT2D eigenvalue weighted by Gasteiger charge is 2.39. The van der Waals surface area contributed by atoms with Crippen molar-refractivity contribution in [3.63, 3.8) is 0 Å². The van der Waals surface area contributed by atoms with Crippen LogP contribution in [-0.4, -0.2) is 36.4 Å². The van der Waals surface area contributed by atoms with Crippen molar-refractivity contribution in [2.75, 3.05) is 24.6 Å². The largest absolute Gasteiger partial charge is 0.489 e. The summed E-state index contributed by atoms with van der Waals surface area (Å²) >= 11 is 0. The Morgan fingerprint density at radius 3 is 2.60 bits per heavy atom. The van der Waals surface area contributed by atoms with Gasteiger partial charge in [-0.05, 0) is 29.7 Å². The lowest BCUT2D eigenvalue weighted by Gasteiger charge is -2.38. The number of anilines is 1. The minimum Gasteiger partial charge on any atom is -0.489 e. The fourth-order valence-electron chi connectivity index (χ4n) is 4.26. The number of halogens is 3. The van der Waals surface area contributed by atoms with E-state index in [-0.39, 0.29) is 42.8 Å². The second-order valence-electron chi connectivity index (χ2n) is 7.43. The molecule has 2 aliphatic rings. The molecule has 158 valence electrons. The molecule has 2 aromatic carbocycles. The maximum atomic E-state index is 13.4. The molecule has 0 saturated heterocycles. The van der Waals surface area contributed by atoms with Crippen LogP contribution in [0.2, 0.25) is 0 Å². The van der Waals surface area contributed by atoms with Crippen molar-refractivity contribution in [2.45, 2.75) is 32.0 Å². The van der Waals surface area contributed by atoms with E-state index < -0.39 is 17.8 Å². The van der Waals surface area contributed by atoms with Crippen molar-refractivity contribution in [3.8, 4) is 5.75 Å². The highest BCUT2D eigenvalue weighted by Crippen LogP contribution is 2.44. The first kappa shape index (κ1) is 20.3. The zero-order valence-electron chi connectivity index (χ0n) is 16.4. The zero-order chi connectivity index (χ0) is 21.5. The average Bonchev–Trinajstić information content (AvgIpc) is 2.72. The number of rotatable bonds is 2. The number of alkyl halides is 3. The van der Waals surface area contributed by atoms with Crippen LogP contribution in [0, 0.1) is 0 Å². The van der Waals surface area contributed by atoms with Gasteiger partial charge in [0.05, 0.1) is 30.3 Å². The van der Waals surface area contributed by atoms with Gasteiger partial charge in [0, 0.05) is 13.5 Å². The SMILES string of the molecule is CC(=O)N1CCc2ccccc2C1CC(=O)N1CCOc2c1cccc2C(F)(F)F. The number of benzene rings is 2. The summed E-state index contributed by atoms with van der Waals surface area (Å²) in [4.78, 5) is 28.4. The first-order valence-corrected chi connectivity index (χ1v) is 9.75. The second-order valence-corrected chi connectivity index (χ2v) is 7.43. The third-order valence-electron chi connectivity index (χ3n) is 5.64. The number of nitrogens with zero attached hydrogens (tertiary/aromatic N) is 2. The summed E-state index contributed by atoms with van der Waals surface area (Å²) in [6.45, 7) is 2.10. The van der Waals surface area contributed by atoms with Crippen molar-refractivity contribution in [2.24, 2.45) is 0 Å². The van der Waals surface area contributed by atoms with Crippen LogP contribution in [0.15, 0.2) is 42.5 Å². The van der Waals surface area contributed by atoms with E-state index in [9.17, 15) is 22.8 Å². The molecular formula is C22H21F3N2O3. The molecule has 0 N–H and O–H groups in total.